The number of piperidine rings is 1. The van der Waals surface area contributed by atoms with Crippen LogP contribution < -0.4 is 5.32 Å². The smallest absolute Gasteiger partial charge is 0.321 e. The largest absolute Gasteiger partial charge is 0.481 e. The van der Waals surface area contributed by atoms with Gasteiger partial charge in [-0.25, -0.2) is 9.48 Å². The second-order valence-electron chi connectivity index (χ2n) is 5.96. The van der Waals surface area contributed by atoms with Gasteiger partial charge >= 0.3 is 12.0 Å². The van der Waals surface area contributed by atoms with E-state index in [1.807, 2.05) is 37.3 Å². The molecule has 0 radical (unpaired) electrons. The van der Waals surface area contributed by atoms with E-state index in [1.54, 1.807) is 15.8 Å². The van der Waals surface area contributed by atoms with Crippen molar-refractivity contribution in [2.24, 2.45) is 5.92 Å². The first-order valence-electron chi connectivity index (χ1n) is 7.95. The van der Waals surface area contributed by atoms with Gasteiger partial charge in [-0.1, -0.05) is 18.2 Å². The van der Waals surface area contributed by atoms with Crippen molar-refractivity contribution in [2.75, 3.05) is 18.4 Å². The average molecular weight is 328 g/mol. The van der Waals surface area contributed by atoms with Gasteiger partial charge in [-0.2, -0.15) is 5.10 Å². The fraction of sp³-hybridized carbons (Fsp3) is 0.353. The third kappa shape index (κ3) is 3.40. The molecule has 1 atom stereocenters. The molecule has 2 aromatic rings. The summed E-state index contributed by atoms with van der Waals surface area (Å²) in [6.07, 6.45) is 3.08. The molecule has 24 heavy (non-hydrogen) atoms. The molecule has 7 heteroatoms. The van der Waals surface area contributed by atoms with Gasteiger partial charge in [-0.15, -0.1) is 0 Å². The van der Waals surface area contributed by atoms with Gasteiger partial charge in [0.1, 0.15) is 0 Å². The van der Waals surface area contributed by atoms with Crippen molar-refractivity contribution in [3.8, 4) is 5.69 Å². The number of carboxylic acid groups (broad SMARTS) is 1. The Bertz CT molecular complexity index is 742. The number of nitrogens with one attached hydrogen (secondary N) is 1. The summed E-state index contributed by atoms with van der Waals surface area (Å²) >= 11 is 0. The quantitative estimate of drug-likeness (QED) is 0.906. The second-order valence-corrected chi connectivity index (χ2v) is 5.96. The molecule has 2 N–H and O–H groups in total. The SMILES string of the molecule is Cc1nn(-c2ccccc2)cc1NC(=O)N1CCCC(C(=O)O)C1. The van der Waals surface area contributed by atoms with E-state index in [2.05, 4.69) is 10.4 Å². The van der Waals surface area contributed by atoms with Crippen LogP contribution in [-0.4, -0.2) is 44.9 Å². The number of rotatable bonds is 3. The first-order valence-corrected chi connectivity index (χ1v) is 7.95. The lowest BCUT2D eigenvalue weighted by Crippen LogP contribution is -2.44. The molecule has 1 saturated heterocycles. The van der Waals surface area contributed by atoms with Crippen LogP contribution in [-0.2, 0) is 4.79 Å². The van der Waals surface area contributed by atoms with E-state index in [0.717, 1.165) is 5.69 Å². The first kappa shape index (κ1) is 16.0. The van der Waals surface area contributed by atoms with Crippen LogP contribution in [0.2, 0.25) is 0 Å². The zero-order valence-electron chi connectivity index (χ0n) is 13.5. The second kappa shape index (κ2) is 6.74. The number of aromatic nitrogens is 2. The fourth-order valence-corrected chi connectivity index (χ4v) is 2.85. The Labute approximate surface area is 139 Å². The van der Waals surface area contributed by atoms with Crippen molar-refractivity contribution >= 4 is 17.7 Å². The van der Waals surface area contributed by atoms with E-state index in [9.17, 15) is 9.59 Å². The predicted molar refractivity (Wildman–Crippen MR) is 89.3 cm³/mol. The summed E-state index contributed by atoms with van der Waals surface area (Å²) in [5, 5.41) is 16.4. The summed E-state index contributed by atoms with van der Waals surface area (Å²) in [6, 6.07) is 9.35. The number of aryl methyl sites for hydroxylation is 1. The number of benzene rings is 1. The number of urea groups is 1. The molecule has 1 unspecified atom stereocenters. The summed E-state index contributed by atoms with van der Waals surface area (Å²) in [4.78, 5) is 25.1. The van der Waals surface area contributed by atoms with E-state index in [4.69, 9.17) is 5.11 Å². The Morgan fingerprint density at radius 2 is 2.04 bits per heavy atom. The van der Waals surface area contributed by atoms with Crippen LogP contribution in [0.4, 0.5) is 10.5 Å². The van der Waals surface area contributed by atoms with E-state index in [1.165, 1.54) is 0 Å². The standard InChI is InChI=1S/C17H20N4O3/c1-12-15(11-21(19-12)14-7-3-2-4-8-14)18-17(24)20-9-5-6-13(10-20)16(22)23/h2-4,7-8,11,13H,5-6,9-10H2,1H3,(H,18,24)(H,22,23). The van der Waals surface area contributed by atoms with E-state index in [-0.39, 0.29) is 12.6 Å². The van der Waals surface area contributed by atoms with Crippen LogP contribution >= 0.6 is 0 Å². The van der Waals surface area contributed by atoms with Crippen LogP contribution in [0.3, 0.4) is 0 Å². The fourth-order valence-electron chi connectivity index (χ4n) is 2.85. The molecule has 1 aliphatic rings. The molecule has 2 heterocycles. The minimum absolute atomic E-state index is 0.243. The number of hydrogen-bond donors (Lipinski definition) is 2. The molecule has 126 valence electrons. The van der Waals surface area contributed by atoms with Crippen LogP contribution in [0.5, 0.6) is 0 Å². The Balaban J connectivity index is 1.71. The van der Waals surface area contributed by atoms with Crippen LogP contribution in [0, 0.1) is 12.8 Å². The monoisotopic (exact) mass is 328 g/mol. The van der Waals surface area contributed by atoms with Gasteiger partial charge in [-0.05, 0) is 31.9 Å². The van der Waals surface area contributed by atoms with Crippen molar-refractivity contribution in [2.45, 2.75) is 19.8 Å². The van der Waals surface area contributed by atoms with Crippen molar-refractivity contribution in [3.05, 3.63) is 42.2 Å². The van der Waals surface area contributed by atoms with Gasteiger partial charge in [0.15, 0.2) is 0 Å². The number of likely N-dealkylation sites (tertiary alicyclic amines) is 1. The summed E-state index contributed by atoms with van der Waals surface area (Å²) in [7, 11) is 0. The Morgan fingerprint density at radius 1 is 1.29 bits per heavy atom. The summed E-state index contributed by atoms with van der Waals surface area (Å²) in [6.45, 7) is 2.64. The number of amides is 2. The first-order chi connectivity index (χ1) is 11.5. The highest BCUT2D eigenvalue weighted by Gasteiger charge is 2.28. The molecule has 0 saturated carbocycles. The third-order valence-electron chi connectivity index (χ3n) is 4.22. The van der Waals surface area contributed by atoms with Crippen molar-refractivity contribution < 1.29 is 14.7 Å². The zero-order chi connectivity index (χ0) is 17.1. The maximum absolute atomic E-state index is 12.4. The van der Waals surface area contributed by atoms with Gasteiger partial charge in [0, 0.05) is 13.1 Å². The van der Waals surface area contributed by atoms with Crippen LogP contribution in [0.15, 0.2) is 36.5 Å². The number of aliphatic carboxylic acids is 1. The molecule has 7 nitrogen and oxygen atoms in total. The molecule has 1 aromatic heterocycles. The highest BCUT2D eigenvalue weighted by Crippen LogP contribution is 2.20. The lowest BCUT2D eigenvalue weighted by atomic mass is 9.99. The number of anilines is 1. The van der Waals surface area contributed by atoms with Crippen molar-refractivity contribution in [3.63, 3.8) is 0 Å². The average Bonchev–Trinajstić information content (AvgIpc) is 2.96. The molecular formula is C17H20N4O3. The highest BCUT2D eigenvalue weighted by molar-refractivity contribution is 5.90. The van der Waals surface area contributed by atoms with Gasteiger partial charge in [0.2, 0.25) is 0 Å². The Morgan fingerprint density at radius 3 is 2.75 bits per heavy atom. The minimum Gasteiger partial charge on any atom is -0.481 e. The molecular weight excluding hydrogens is 308 g/mol. The van der Waals surface area contributed by atoms with Crippen LogP contribution in [0.1, 0.15) is 18.5 Å². The summed E-state index contributed by atoms with van der Waals surface area (Å²) in [5.41, 5.74) is 2.24. The van der Waals surface area contributed by atoms with E-state index in [0.29, 0.717) is 30.8 Å². The number of carbonyl (C=O) groups is 2. The maximum atomic E-state index is 12.4. The van der Waals surface area contributed by atoms with Gasteiger partial charge in [-0.3, -0.25) is 4.79 Å². The number of para-hydroxylation sites is 1. The zero-order valence-corrected chi connectivity index (χ0v) is 13.5. The minimum atomic E-state index is -0.847. The summed E-state index contributed by atoms with van der Waals surface area (Å²) < 4.78 is 1.71. The van der Waals surface area contributed by atoms with Crippen molar-refractivity contribution in [1.82, 2.24) is 14.7 Å². The van der Waals surface area contributed by atoms with Gasteiger partial charge in [0.05, 0.1) is 29.2 Å². The lowest BCUT2D eigenvalue weighted by Gasteiger charge is -2.30. The normalized spacial score (nSPS) is 17.5. The van der Waals surface area contributed by atoms with Gasteiger partial charge in [0.25, 0.3) is 0 Å². The van der Waals surface area contributed by atoms with Crippen LogP contribution in [0.25, 0.3) is 5.69 Å². The molecule has 1 aliphatic heterocycles. The molecule has 1 fully saturated rings. The molecule has 3 rings (SSSR count). The number of carboxylic acids is 1. The number of nitrogens with zero attached hydrogens (tertiary/aromatic N) is 3. The number of carbonyl (C=O) groups excluding carboxylic acids is 1. The predicted octanol–water partition coefficient (Wildman–Crippen LogP) is 2.51. The topological polar surface area (TPSA) is 87.5 Å². The molecule has 2 amide bonds. The molecule has 1 aromatic carbocycles. The third-order valence-corrected chi connectivity index (χ3v) is 4.22. The van der Waals surface area contributed by atoms with Crippen molar-refractivity contribution in [1.29, 1.82) is 0 Å². The highest BCUT2D eigenvalue weighted by atomic mass is 16.4. The Hall–Kier alpha value is -2.83. The lowest BCUT2D eigenvalue weighted by molar-refractivity contribution is -0.143. The maximum Gasteiger partial charge on any atom is 0.321 e. The molecule has 0 aliphatic carbocycles. The van der Waals surface area contributed by atoms with E-state index >= 15 is 0 Å². The van der Waals surface area contributed by atoms with E-state index < -0.39 is 11.9 Å². The molecule has 0 spiro atoms. The molecule has 0 bridgehead atoms. The Kier molecular flexibility index (Phi) is 4.50. The summed E-state index contributed by atoms with van der Waals surface area (Å²) in [5.74, 6) is -1.33. The van der Waals surface area contributed by atoms with Gasteiger partial charge < -0.3 is 15.3 Å². The number of hydrogen-bond acceptors (Lipinski definition) is 3.